The molecule has 0 bridgehead atoms. The molecule has 0 aliphatic heterocycles. The van der Waals surface area contributed by atoms with Gasteiger partial charge in [-0.05, 0) is 58.7 Å². The molecule has 92 valence electrons. The van der Waals surface area contributed by atoms with Crippen molar-refractivity contribution in [2.75, 3.05) is 5.32 Å². The molecule has 0 fully saturated rings. The third-order valence-corrected chi connectivity index (χ3v) is 2.95. The van der Waals surface area contributed by atoms with Crippen molar-refractivity contribution in [1.82, 2.24) is 4.98 Å². The number of aromatic nitrogens is 1. The Bertz CT molecular complexity index is 601. The monoisotopic (exact) mass is 308 g/mol. The molecule has 0 spiro atoms. The van der Waals surface area contributed by atoms with Crippen molar-refractivity contribution in [3.05, 3.63) is 57.9 Å². The molecule has 0 unspecified atom stereocenters. The van der Waals surface area contributed by atoms with Crippen LogP contribution in [0, 0.1) is 12.7 Å². The van der Waals surface area contributed by atoms with E-state index >= 15 is 0 Å². The van der Waals surface area contributed by atoms with Gasteiger partial charge in [0, 0.05) is 11.8 Å². The van der Waals surface area contributed by atoms with E-state index in [0.29, 0.717) is 11.4 Å². The zero-order valence-corrected chi connectivity index (χ0v) is 11.2. The fourth-order valence-electron chi connectivity index (χ4n) is 1.43. The van der Waals surface area contributed by atoms with Crippen molar-refractivity contribution in [2.45, 2.75) is 6.92 Å². The van der Waals surface area contributed by atoms with Crippen molar-refractivity contribution < 1.29 is 9.18 Å². The van der Waals surface area contributed by atoms with Gasteiger partial charge in [0.2, 0.25) is 0 Å². The Kier molecular flexibility index (Phi) is 3.72. The molecular formula is C13H10BrFN2O. The number of halogens is 2. The van der Waals surface area contributed by atoms with Crippen LogP contribution < -0.4 is 5.32 Å². The Labute approximate surface area is 112 Å². The minimum atomic E-state index is -0.403. The van der Waals surface area contributed by atoms with E-state index in [1.807, 2.05) is 13.0 Å². The predicted octanol–water partition coefficient (Wildman–Crippen LogP) is 3.54. The van der Waals surface area contributed by atoms with Crippen LogP contribution in [0.1, 0.15) is 15.9 Å². The zero-order chi connectivity index (χ0) is 13.1. The van der Waals surface area contributed by atoms with Gasteiger partial charge in [0.15, 0.2) is 0 Å². The summed E-state index contributed by atoms with van der Waals surface area (Å²) in [5.74, 6) is -0.255. The quantitative estimate of drug-likeness (QED) is 0.922. The molecule has 0 atom stereocenters. The smallest absolute Gasteiger partial charge is 0.256 e. The number of aryl methyl sites for hydroxylation is 1. The summed E-state index contributed by atoms with van der Waals surface area (Å²) in [4.78, 5) is 15.9. The van der Waals surface area contributed by atoms with E-state index in [1.54, 1.807) is 12.3 Å². The number of nitrogens with one attached hydrogen (secondary N) is 1. The number of hydrogen-bond acceptors (Lipinski definition) is 2. The van der Waals surface area contributed by atoms with Crippen molar-refractivity contribution in [2.24, 2.45) is 0 Å². The summed E-state index contributed by atoms with van der Waals surface area (Å²) in [5, 5.41) is 2.65. The van der Waals surface area contributed by atoms with Gasteiger partial charge in [-0.15, -0.1) is 0 Å². The number of benzene rings is 1. The van der Waals surface area contributed by atoms with E-state index in [1.165, 1.54) is 18.2 Å². The molecule has 1 aromatic carbocycles. The fraction of sp³-hybridized carbons (Fsp3) is 0.0769. The molecule has 0 saturated heterocycles. The minimum Gasteiger partial charge on any atom is -0.307 e. The van der Waals surface area contributed by atoms with Gasteiger partial charge >= 0.3 is 0 Å². The second kappa shape index (κ2) is 5.27. The highest BCUT2D eigenvalue weighted by molar-refractivity contribution is 9.10. The SMILES string of the molecule is Cc1ccnc(NC(=O)c2ccc(F)c(Br)c2)c1. The van der Waals surface area contributed by atoms with Crippen molar-refractivity contribution >= 4 is 27.7 Å². The molecule has 18 heavy (non-hydrogen) atoms. The van der Waals surface area contributed by atoms with Crippen LogP contribution in [0.15, 0.2) is 41.0 Å². The number of carbonyl (C=O) groups is 1. The van der Waals surface area contributed by atoms with Gasteiger partial charge in [0.1, 0.15) is 11.6 Å². The summed E-state index contributed by atoms with van der Waals surface area (Å²) in [5.41, 5.74) is 1.37. The van der Waals surface area contributed by atoms with E-state index in [9.17, 15) is 9.18 Å². The van der Waals surface area contributed by atoms with E-state index in [-0.39, 0.29) is 10.4 Å². The first-order valence-corrected chi connectivity index (χ1v) is 6.04. The average molecular weight is 309 g/mol. The molecule has 2 aromatic rings. The number of nitrogens with zero attached hydrogens (tertiary/aromatic N) is 1. The summed E-state index contributed by atoms with van der Waals surface area (Å²) >= 11 is 3.04. The standard InChI is InChI=1S/C13H10BrFN2O/c1-8-4-5-16-12(6-8)17-13(18)9-2-3-11(15)10(14)7-9/h2-7H,1H3,(H,16,17,18). The first kappa shape index (κ1) is 12.7. The van der Waals surface area contributed by atoms with Gasteiger partial charge in [-0.2, -0.15) is 0 Å². The molecule has 0 radical (unpaired) electrons. The first-order chi connectivity index (χ1) is 8.56. The summed E-state index contributed by atoms with van der Waals surface area (Å²) in [7, 11) is 0. The van der Waals surface area contributed by atoms with E-state index in [4.69, 9.17) is 0 Å². The molecule has 5 heteroatoms. The normalized spacial score (nSPS) is 10.2. The Morgan fingerprint density at radius 2 is 2.11 bits per heavy atom. The van der Waals surface area contributed by atoms with Crippen LogP contribution in [-0.4, -0.2) is 10.9 Å². The fourth-order valence-corrected chi connectivity index (χ4v) is 1.81. The number of amides is 1. The Morgan fingerprint density at radius 1 is 1.33 bits per heavy atom. The molecule has 0 saturated carbocycles. The molecule has 2 rings (SSSR count). The van der Waals surface area contributed by atoms with Crippen LogP contribution >= 0.6 is 15.9 Å². The molecular weight excluding hydrogens is 299 g/mol. The minimum absolute atomic E-state index is 0.257. The number of anilines is 1. The Balaban J connectivity index is 2.19. The topological polar surface area (TPSA) is 42.0 Å². The zero-order valence-electron chi connectivity index (χ0n) is 9.58. The van der Waals surface area contributed by atoms with E-state index in [2.05, 4.69) is 26.2 Å². The molecule has 0 aliphatic carbocycles. The highest BCUT2D eigenvalue weighted by Gasteiger charge is 2.09. The molecule has 0 aliphatic rings. The maximum Gasteiger partial charge on any atom is 0.256 e. The molecule has 1 amide bonds. The number of hydrogen-bond donors (Lipinski definition) is 1. The average Bonchev–Trinajstić information content (AvgIpc) is 2.32. The summed E-state index contributed by atoms with van der Waals surface area (Å²) < 4.78 is 13.3. The van der Waals surface area contributed by atoms with Crippen LogP contribution in [0.2, 0.25) is 0 Å². The van der Waals surface area contributed by atoms with Crippen LogP contribution in [-0.2, 0) is 0 Å². The van der Waals surface area contributed by atoms with Crippen LogP contribution in [0.5, 0.6) is 0 Å². The van der Waals surface area contributed by atoms with Crippen LogP contribution in [0.4, 0.5) is 10.2 Å². The number of rotatable bonds is 2. The highest BCUT2D eigenvalue weighted by Crippen LogP contribution is 2.17. The van der Waals surface area contributed by atoms with Gasteiger partial charge in [-0.3, -0.25) is 4.79 Å². The summed E-state index contributed by atoms with van der Waals surface area (Å²) in [6, 6.07) is 7.69. The van der Waals surface area contributed by atoms with E-state index in [0.717, 1.165) is 5.56 Å². The van der Waals surface area contributed by atoms with E-state index < -0.39 is 5.82 Å². The lowest BCUT2D eigenvalue weighted by atomic mass is 10.2. The number of carbonyl (C=O) groups excluding carboxylic acids is 1. The van der Waals surface area contributed by atoms with Gasteiger partial charge in [-0.1, -0.05) is 0 Å². The largest absolute Gasteiger partial charge is 0.307 e. The van der Waals surface area contributed by atoms with Gasteiger partial charge in [0.25, 0.3) is 5.91 Å². The van der Waals surface area contributed by atoms with Gasteiger partial charge < -0.3 is 5.32 Å². The maximum absolute atomic E-state index is 13.1. The maximum atomic E-state index is 13.1. The van der Waals surface area contributed by atoms with Crippen molar-refractivity contribution in [3.63, 3.8) is 0 Å². The number of pyridine rings is 1. The summed E-state index contributed by atoms with van der Waals surface area (Å²) in [6.45, 7) is 1.91. The Hall–Kier alpha value is -1.75. The van der Waals surface area contributed by atoms with Crippen molar-refractivity contribution in [1.29, 1.82) is 0 Å². The molecule has 1 N–H and O–H groups in total. The van der Waals surface area contributed by atoms with Crippen LogP contribution in [0.3, 0.4) is 0 Å². The predicted molar refractivity (Wildman–Crippen MR) is 71.0 cm³/mol. The molecule has 1 heterocycles. The molecule has 1 aromatic heterocycles. The lowest BCUT2D eigenvalue weighted by molar-refractivity contribution is 0.102. The second-order valence-electron chi connectivity index (χ2n) is 3.80. The lowest BCUT2D eigenvalue weighted by Gasteiger charge is -2.05. The van der Waals surface area contributed by atoms with Crippen molar-refractivity contribution in [3.8, 4) is 0 Å². The van der Waals surface area contributed by atoms with Crippen LogP contribution in [0.25, 0.3) is 0 Å². The molecule has 3 nitrogen and oxygen atoms in total. The van der Waals surface area contributed by atoms with Gasteiger partial charge in [-0.25, -0.2) is 9.37 Å². The highest BCUT2D eigenvalue weighted by atomic mass is 79.9. The Morgan fingerprint density at radius 3 is 2.78 bits per heavy atom. The summed E-state index contributed by atoms with van der Waals surface area (Å²) in [6.07, 6.45) is 1.62. The lowest BCUT2D eigenvalue weighted by Crippen LogP contribution is -2.13. The van der Waals surface area contributed by atoms with Gasteiger partial charge in [0.05, 0.1) is 4.47 Å². The second-order valence-corrected chi connectivity index (χ2v) is 4.66. The first-order valence-electron chi connectivity index (χ1n) is 5.25. The third-order valence-electron chi connectivity index (χ3n) is 2.34. The third kappa shape index (κ3) is 2.92.